The van der Waals surface area contributed by atoms with Crippen LogP contribution in [0, 0.1) is 0 Å². The van der Waals surface area contributed by atoms with Gasteiger partial charge >= 0.3 is 11.9 Å². The van der Waals surface area contributed by atoms with Crippen molar-refractivity contribution < 1.29 is 24.5 Å². The zero-order chi connectivity index (χ0) is 19.7. The van der Waals surface area contributed by atoms with Crippen LogP contribution in [0.15, 0.2) is 0 Å². The normalized spacial score (nSPS) is 13.3. The third kappa shape index (κ3) is 11.5. The number of carboxylic acid groups (broad SMARTS) is 1. The van der Waals surface area contributed by atoms with Gasteiger partial charge in [0.05, 0.1) is 13.2 Å². The van der Waals surface area contributed by atoms with Crippen molar-refractivity contribution in [2.75, 3.05) is 13.2 Å². The molecule has 6 nitrogen and oxygen atoms in total. The Morgan fingerprint density at radius 3 is 1.54 bits per heavy atom. The summed E-state index contributed by atoms with van der Waals surface area (Å²) in [5.74, 6) is -2.66. The Bertz CT molecular complexity index is 375. The summed E-state index contributed by atoms with van der Waals surface area (Å²) < 4.78 is 4.86. The molecule has 0 aromatic rings. The Hall–Kier alpha value is -1.14. The predicted octanol–water partition coefficient (Wildman–Crippen LogP) is 3.79. The van der Waals surface area contributed by atoms with Crippen LogP contribution in [0.4, 0.5) is 0 Å². The first-order valence-corrected chi connectivity index (χ1v) is 10.3. The molecule has 0 spiro atoms. The fourth-order valence-electron chi connectivity index (χ4n) is 2.81. The van der Waals surface area contributed by atoms with Gasteiger partial charge in [-0.3, -0.25) is 0 Å². The minimum absolute atomic E-state index is 0.142. The number of unbranched alkanes of at least 4 members (excludes halogenated alkanes) is 13. The number of aliphatic hydroxyl groups excluding tert-OH is 1. The summed E-state index contributed by atoms with van der Waals surface area (Å²) >= 11 is 0. The molecule has 0 fully saturated rings. The molecular weight excluding hydrogens is 334 g/mol. The van der Waals surface area contributed by atoms with Gasteiger partial charge in [-0.15, -0.1) is 0 Å². The average Bonchev–Trinajstić information content (AvgIpc) is 2.63. The highest BCUT2D eigenvalue weighted by Gasteiger charge is 2.43. The number of hydrogen-bond donors (Lipinski definition) is 3. The van der Waals surface area contributed by atoms with Crippen LogP contribution in [-0.4, -0.2) is 40.9 Å². The number of aliphatic carboxylic acids is 1. The van der Waals surface area contributed by atoms with Gasteiger partial charge in [-0.2, -0.15) is 0 Å². The van der Waals surface area contributed by atoms with E-state index in [9.17, 15) is 9.59 Å². The van der Waals surface area contributed by atoms with E-state index in [0.29, 0.717) is 6.42 Å². The Morgan fingerprint density at radius 1 is 0.808 bits per heavy atom. The predicted molar refractivity (Wildman–Crippen MR) is 103 cm³/mol. The molecule has 0 amide bonds. The lowest BCUT2D eigenvalue weighted by atomic mass is 10.0. The fraction of sp³-hybridized carbons (Fsp3) is 0.900. The minimum Gasteiger partial charge on any atom is -0.479 e. The van der Waals surface area contributed by atoms with Crippen LogP contribution in [0.3, 0.4) is 0 Å². The van der Waals surface area contributed by atoms with Crippen molar-refractivity contribution in [2.24, 2.45) is 5.73 Å². The van der Waals surface area contributed by atoms with E-state index >= 15 is 0 Å². The number of ether oxygens (including phenoxy) is 1. The molecule has 0 aromatic heterocycles. The molecule has 0 rings (SSSR count). The van der Waals surface area contributed by atoms with Crippen LogP contribution in [0.25, 0.3) is 0 Å². The molecule has 1 atom stereocenters. The Morgan fingerprint density at radius 2 is 1.19 bits per heavy atom. The Balaban J connectivity index is 3.39. The second-order valence-corrected chi connectivity index (χ2v) is 7.17. The molecule has 0 heterocycles. The van der Waals surface area contributed by atoms with E-state index in [2.05, 4.69) is 6.92 Å². The second-order valence-electron chi connectivity index (χ2n) is 7.17. The zero-order valence-corrected chi connectivity index (χ0v) is 16.5. The molecule has 0 aliphatic heterocycles. The monoisotopic (exact) mass is 373 g/mol. The van der Waals surface area contributed by atoms with Gasteiger partial charge < -0.3 is 20.7 Å². The summed E-state index contributed by atoms with van der Waals surface area (Å²) in [6.45, 7) is 1.41. The van der Waals surface area contributed by atoms with Crippen molar-refractivity contribution >= 4 is 11.9 Å². The minimum atomic E-state index is -2.35. The molecule has 0 aromatic carbocycles. The van der Waals surface area contributed by atoms with Gasteiger partial charge in [0.25, 0.3) is 0 Å². The standard InChI is InChI=1S/C20H39NO5/c1-2-3-4-5-6-7-8-9-10-11-12-13-14-15-16-26-19(25)20(21,17-22)18(23)24/h22H,2-17,21H2,1H3,(H,23,24). The smallest absolute Gasteiger partial charge is 0.340 e. The first kappa shape index (κ1) is 24.9. The van der Waals surface area contributed by atoms with Crippen LogP contribution in [-0.2, 0) is 14.3 Å². The maximum Gasteiger partial charge on any atom is 0.340 e. The molecule has 0 saturated heterocycles. The maximum absolute atomic E-state index is 11.6. The Labute approximate surface area is 158 Å². The van der Waals surface area contributed by atoms with E-state index in [0.717, 1.165) is 12.8 Å². The van der Waals surface area contributed by atoms with Gasteiger partial charge in [0.1, 0.15) is 0 Å². The molecule has 26 heavy (non-hydrogen) atoms. The summed E-state index contributed by atoms with van der Waals surface area (Å²) in [6, 6.07) is 0. The topological polar surface area (TPSA) is 110 Å². The number of nitrogens with two attached hydrogens (primary N) is 1. The molecule has 0 aliphatic rings. The van der Waals surface area contributed by atoms with Gasteiger partial charge in [0.15, 0.2) is 0 Å². The van der Waals surface area contributed by atoms with Crippen molar-refractivity contribution in [3.05, 3.63) is 0 Å². The fourth-order valence-corrected chi connectivity index (χ4v) is 2.81. The second kappa shape index (κ2) is 16.1. The van der Waals surface area contributed by atoms with Crippen molar-refractivity contribution in [1.82, 2.24) is 0 Å². The van der Waals surface area contributed by atoms with Crippen LogP contribution < -0.4 is 5.73 Å². The number of aliphatic hydroxyl groups is 1. The number of hydrogen-bond acceptors (Lipinski definition) is 5. The molecule has 0 saturated carbocycles. The van der Waals surface area contributed by atoms with E-state index < -0.39 is 24.1 Å². The van der Waals surface area contributed by atoms with E-state index in [1.807, 2.05) is 0 Å². The van der Waals surface area contributed by atoms with Crippen LogP contribution in [0.2, 0.25) is 0 Å². The first-order chi connectivity index (χ1) is 12.5. The summed E-state index contributed by atoms with van der Waals surface area (Å²) in [5.41, 5.74) is 2.97. The quantitative estimate of drug-likeness (QED) is 0.192. The molecule has 1 unspecified atom stereocenters. The van der Waals surface area contributed by atoms with Crippen molar-refractivity contribution in [3.63, 3.8) is 0 Å². The zero-order valence-electron chi connectivity index (χ0n) is 16.5. The third-order valence-corrected chi connectivity index (χ3v) is 4.73. The number of rotatable bonds is 18. The van der Waals surface area contributed by atoms with Crippen LogP contribution in [0.1, 0.15) is 96.8 Å². The maximum atomic E-state index is 11.6. The number of esters is 1. The van der Waals surface area contributed by atoms with E-state index in [-0.39, 0.29) is 6.61 Å². The van der Waals surface area contributed by atoms with Crippen LogP contribution >= 0.6 is 0 Å². The van der Waals surface area contributed by atoms with Crippen LogP contribution in [0.5, 0.6) is 0 Å². The van der Waals surface area contributed by atoms with Gasteiger partial charge in [-0.05, 0) is 6.42 Å². The third-order valence-electron chi connectivity index (χ3n) is 4.73. The van der Waals surface area contributed by atoms with Gasteiger partial charge in [0.2, 0.25) is 5.54 Å². The molecule has 0 radical (unpaired) electrons. The lowest BCUT2D eigenvalue weighted by Gasteiger charge is -2.19. The highest BCUT2D eigenvalue weighted by molar-refractivity contribution is 6.04. The van der Waals surface area contributed by atoms with Gasteiger partial charge in [0, 0.05) is 0 Å². The molecule has 4 N–H and O–H groups in total. The number of carbonyl (C=O) groups excluding carboxylic acids is 1. The molecule has 0 bridgehead atoms. The largest absolute Gasteiger partial charge is 0.479 e. The Kier molecular flexibility index (Phi) is 15.4. The molecular formula is C20H39NO5. The number of carbonyl (C=O) groups is 2. The van der Waals surface area contributed by atoms with Crippen molar-refractivity contribution in [2.45, 2.75) is 102 Å². The summed E-state index contributed by atoms with van der Waals surface area (Å²) in [5, 5.41) is 17.8. The first-order valence-electron chi connectivity index (χ1n) is 10.3. The summed E-state index contributed by atoms with van der Waals surface area (Å²) in [4.78, 5) is 22.5. The highest BCUT2D eigenvalue weighted by Crippen LogP contribution is 2.13. The van der Waals surface area contributed by atoms with E-state index in [1.165, 1.54) is 70.6 Å². The van der Waals surface area contributed by atoms with E-state index in [4.69, 9.17) is 20.7 Å². The molecule has 0 aliphatic carbocycles. The molecule has 154 valence electrons. The summed E-state index contributed by atoms with van der Waals surface area (Å²) in [6.07, 6.45) is 17.3. The van der Waals surface area contributed by atoms with Crippen molar-refractivity contribution in [3.8, 4) is 0 Å². The molecule has 6 heteroatoms. The van der Waals surface area contributed by atoms with E-state index in [1.54, 1.807) is 0 Å². The van der Waals surface area contributed by atoms with Gasteiger partial charge in [-0.25, -0.2) is 9.59 Å². The lowest BCUT2D eigenvalue weighted by molar-refractivity contribution is -0.163. The SMILES string of the molecule is CCCCCCCCCCCCCCCCOC(=O)C(N)(CO)C(=O)O. The highest BCUT2D eigenvalue weighted by atomic mass is 16.5. The average molecular weight is 374 g/mol. The number of carboxylic acids is 1. The lowest BCUT2D eigenvalue weighted by Crippen LogP contribution is -2.58. The van der Waals surface area contributed by atoms with Crippen molar-refractivity contribution in [1.29, 1.82) is 0 Å². The van der Waals surface area contributed by atoms with Gasteiger partial charge in [-0.1, -0.05) is 90.4 Å². The summed E-state index contributed by atoms with van der Waals surface area (Å²) in [7, 11) is 0.